The smallest absolute Gasteiger partial charge is 0.306 e. The van der Waals surface area contributed by atoms with E-state index in [4.69, 9.17) is 34.6 Å². The lowest BCUT2D eigenvalue weighted by molar-refractivity contribution is -0.152. The number of rotatable bonds is 21. The third kappa shape index (κ3) is 19.6. The lowest BCUT2D eigenvalue weighted by atomic mass is 9.72. The number of amides is 3. The predicted octanol–water partition coefficient (Wildman–Crippen LogP) is 20.2. The van der Waals surface area contributed by atoms with Crippen LogP contribution >= 0.6 is 0 Å². The van der Waals surface area contributed by atoms with Crippen molar-refractivity contribution in [1.82, 2.24) is 4.98 Å². The van der Waals surface area contributed by atoms with Gasteiger partial charge in [-0.1, -0.05) is 246 Å². The molecule has 542 valence electrons. The van der Waals surface area contributed by atoms with Crippen molar-refractivity contribution < 1.29 is 43.0 Å². The second kappa shape index (κ2) is 37.5. The Morgan fingerprint density at radius 1 is 0.706 bits per heavy atom. The first-order chi connectivity index (χ1) is 49.1. The summed E-state index contributed by atoms with van der Waals surface area (Å²) in [5, 5.41) is 18.9. The molecule has 0 spiro atoms. The van der Waals surface area contributed by atoms with E-state index < -0.39 is 17.3 Å². The fourth-order valence-corrected chi connectivity index (χ4v) is 14.1. The Balaban J connectivity index is 0.000000167. The second-order valence-electron chi connectivity index (χ2n) is 28.8. The van der Waals surface area contributed by atoms with Crippen LogP contribution in [0, 0.1) is 23.2 Å². The van der Waals surface area contributed by atoms with Gasteiger partial charge in [-0.2, -0.15) is 0 Å². The van der Waals surface area contributed by atoms with Gasteiger partial charge in [0.2, 0.25) is 0 Å². The largest absolute Gasteiger partial charge is 0.490 e. The van der Waals surface area contributed by atoms with E-state index >= 15 is 0 Å². The van der Waals surface area contributed by atoms with E-state index in [-0.39, 0.29) is 42.5 Å². The molecule has 0 bridgehead atoms. The quantitative estimate of drug-likeness (QED) is 0.0268. The van der Waals surface area contributed by atoms with Crippen LogP contribution in [0.15, 0.2) is 198 Å². The average Bonchev–Trinajstić information content (AvgIpc) is 1.58. The van der Waals surface area contributed by atoms with Crippen molar-refractivity contribution >= 4 is 46.5 Å². The van der Waals surface area contributed by atoms with E-state index in [1.807, 2.05) is 113 Å². The van der Waals surface area contributed by atoms with E-state index in [9.17, 15) is 19.2 Å². The number of hydrazine groups is 1. The monoisotopic (exact) mass is 1380 g/mol. The molecule has 1 aliphatic carbocycles. The highest BCUT2D eigenvalue weighted by molar-refractivity contribution is 6.26. The van der Waals surface area contributed by atoms with Crippen LogP contribution in [-0.4, -0.2) is 70.6 Å². The number of para-hydroxylation sites is 4. The number of aryl methyl sites for hydroxylation is 1. The van der Waals surface area contributed by atoms with Crippen molar-refractivity contribution in [2.75, 3.05) is 28.5 Å². The van der Waals surface area contributed by atoms with Crippen LogP contribution in [0.3, 0.4) is 0 Å². The van der Waals surface area contributed by atoms with Crippen molar-refractivity contribution in [2.24, 2.45) is 34.1 Å². The number of primary amides is 1. The number of unbranched alkanes of at least 4 members (excludes halogenated alkanes) is 1. The number of esters is 1. The number of nitrogens with zero attached hydrogens (tertiary/aromatic N) is 4. The van der Waals surface area contributed by atoms with Gasteiger partial charge in [0.05, 0.1) is 40.4 Å². The average molecular weight is 1380 g/mol. The fourth-order valence-electron chi connectivity index (χ4n) is 14.1. The van der Waals surface area contributed by atoms with Crippen LogP contribution in [0.25, 0.3) is 22.6 Å². The number of ether oxygens (including phenoxy) is 3. The molecule has 4 unspecified atom stereocenters. The number of benzene rings is 7. The van der Waals surface area contributed by atoms with Gasteiger partial charge in [-0.05, 0) is 153 Å². The van der Waals surface area contributed by atoms with Crippen molar-refractivity contribution in [3.05, 3.63) is 222 Å². The molecule has 102 heavy (non-hydrogen) atoms. The first-order valence-corrected chi connectivity index (χ1v) is 37.0. The van der Waals surface area contributed by atoms with Crippen LogP contribution in [-0.2, 0) is 36.7 Å². The van der Waals surface area contributed by atoms with E-state index in [0.717, 1.165) is 92.2 Å². The molecule has 2 saturated heterocycles. The highest BCUT2D eigenvalue weighted by Crippen LogP contribution is 2.51. The third-order valence-corrected chi connectivity index (χ3v) is 19.5. The molecule has 12 rings (SSSR count). The summed E-state index contributed by atoms with van der Waals surface area (Å²) in [6, 6.07) is 61.7. The Kier molecular flexibility index (Phi) is 28.8. The molecule has 4 atom stereocenters. The van der Waals surface area contributed by atoms with E-state index in [2.05, 4.69) is 133 Å². The predicted molar refractivity (Wildman–Crippen MR) is 412 cm³/mol. The summed E-state index contributed by atoms with van der Waals surface area (Å²) in [5.41, 5.74) is 16.5. The number of carbonyl (C=O) groups is 4. The van der Waals surface area contributed by atoms with Gasteiger partial charge in [-0.3, -0.25) is 19.2 Å². The summed E-state index contributed by atoms with van der Waals surface area (Å²) >= 11 is 0. The Hall–Kier alpha value is -9.34. The minimum Gasteiger partial charge on any atom is -0.490 e. The maximum atomic E-state index is 13.8. The minimum absolute atomic E-state index is 0.0209. The van der Waals surface area contributed by atoms with Crippen molar-refractivity contribution in [3.8, 4) is 28.3 Å². The lowest BCUT2D eigenvalue weighted by Crippen LogP contribution is -2.56. The highest BCUT2D eigenvalue weighted by Gasteiger charge is 2.60. The van der Waals surface area contributed by atoms with Gasteiger partial charge in [0.25, 0.3) is 17.7 Å². The standard InChI is InChI=1S/C25H30N2O4.C19H19NO.C18H27NO.C15H21NO.C10H13NO2/c1-4-5-16-25(18-31-22(28)17-19(2)3)23(29)26(20-12-8-6-9-13-20)27(24(25)30)21-14-10-7-11-15-21;1-14(2)13-17-20-18(15-9-5-3-6-10-15)19(21-17)16-11-7-4-8-12-16;1-5-13-8-7-9-14-15-10-11-20-18(6-2,12(3)4)17(15)19-16(13)14;1-11(2)12-6-8-13(9-7-12)14-4-3-5-15(10-14)16-17;1-7(2)13-9-6-4-3-5-8(9)10(11)12/h6-15,19H,4-5,16-18H2,1-3H3;3-12,14H,13H2,1-2H3;7-9,12,15,17,19H,5-6,10-11H2,1-4H3;6-9,11,14,17H,3-5,10H2,1-2H3;3-7H,1-2H3,(H2,11,12)/b;;;16-15-;. The summed E-state index contributed by atoms with van der Waals surface area (Å²) in [6.07, 6.45) is 10.5. The molecule has 15 heteroatoms. The number of hydrogen-bond donors (Lipinski definition) is 3. The van der Waals surface area contributed by atoms with E-state index in [0.29, 0.717) is 71.2 Å². The van der Waals surface area contributed by atoms with Gasteiger partial charge >= 0.3 is 5.97 Å². The molecule has 7 aromatic carbocycles. The number of oxazole rings is 1. The molecule has 4 N–H and O–H groups in total. The van der Waals surface area contributed by atoms with Gasteiger partial charge in [0.1, 0.15) is 18.1 Å². The number of aromatic nitrogens is 1. The maximum absolute atomic E-state index is 13.8. The van der Waals surface area contributed by atoms with Gasteiger partial charge in [0.15, 0.2) is 17.1 Å². The third-order valence-electron chi connectivity index (χ3n) is 19.5. The van der Waals surface area contributed by atoms with Gasteiger partial charge in [0, 0.05) is 42.2 Å². The van der Waals surface area contributed by atoms with Crippen LogP contribution in [0.5, 0.6) is 5.75 Å². The Labute approximate surface area is 606 Å². The van der Waals surface area contributed by atoms with Gasteiger partial charge in [-0.15, -0.1) is 0 Å². The molecule has 15 nitrogen and oxygen atoms in total. The van der Waals surface area contributed by atoms with Crippen molar-refractivity contribution in [3.63, 3.8) is 0 Å². The number of hydrogen-bond acceptors (Lipinski definition) is 12. The maximum Gasteiger partial charge on any atom is 0.306 e. The summed E-state index contributed by atoms with van der Waals surface area (Å²) < 4.78 is 23.3. The van der Waals surface area contributed by atoms with Crippen molar-refractivity contribution in [1.29, 1.82) is 0 Å². The second-order valence-corrected chi connectivity index (χ2v) is 28.8. The first kappa shape index (κ1) is 78.4. The summed E-state index contributed by atoms with van der Waals surface area (Å²) in [6.45, 7) is 28.2. The van der Waals surface area contributed by atoms with Crippen LogP contribution in [0.4, 0.5) is 17.1 Å². The molecule has 3 fully saturated rings. The summed E-state index contributed by atoms with van der Waals surface area (Å²) in [7, 11) is 0. The number of carbonyl (C=O) groups excluding carboxylic acids is 4. The number of nitrogens with one attached hydrogen (secondary N) is 1. The fraction of sp³-hybridized carbons (Fsp3) is 0.425. The summed E-state index contributed by atoms with van der Waals surface area (Å²) in [4.78, 5) is 55.6. The first-order valence-electron chi connectivity index (χ1n) is 37.0. The van der Waals surface area contributed by atoms with Crippen LogP contribution < -0.4 is 25.8 Å². The Bertz CT molecular complexity index is 3850. The molecule has 3 amide bonds. The van der Waals surface area contributed by atoms with Crippen molar-refractivity contribution in [2.45, 2.75) is 203 Å². The molecule has 4 heterocycles. The van der Waals surface area contributed by atoms with Gasteiger partial charge < -0.3 is 34.9 Å². The molecule has 1 aromatic heterocycles. The lowest BCUT2D eigenvalue weighted by Gasteiger charge is -2.48. The zero-order valence-corrected chi connectivity index (χ0v) is 62.5. The van der Waals surface area contributed by atoms with Crippen LogP contribution in [0.1, 0.15) is 210 Å². The molecule has 1 saturated carbocycles. The Morgan fingerprint density at radius 2 is 1.29 bits per heavy atom. The molecular weight excluding hydrogens is 1270 g/mol. The molecular formula is C87H110N6O9. The topological polar surface area (TPSA) is 199 Å². The van der Waals surface area contributed by atoms with E-state index in [1.54, 1.807) is 42.5 Å². The zero-order valence-electron chi connectivity index (χ0n) is 62.5. The van der Waals surface area contributed by atoms with Gasteiger partial charge in [-0.25, -0.2) is 15.0 Å². The van der Waals surface area contributed by atoms with Crippen LogP contribution in [0.2, 0.25) is 0 Å². The molecule has 4 aliphatic rings. The SMILES string of the molecule is CC(C)Cc1nc(-c2ccccc2)c(-c2ccccc2)o1.CC(C)Oc1ccccc1C(N)=O.CC(C)c1ccc(C2CCC/C(=N/O)C2)cc1.CCCCC1(COC(=O)CC(C)C)C(=O)N(c2ccccc2)N(c2ccccc2)C1=O.CCc1cccc2c1NC1C2CCOC1(CC)C(C)C. The normalized spacial score (nSPS) is 18.4. The molecule has 3 aliphatic heterocycles. The molecule has 0 radical (unpaired) electrons. The number of fused-ring (bicyclic) bond motifs is 3. The minimum atomic E-state index is -1.44. The number of oxime groups is 1. The van der Waals surface area contributed by atoms with E-state index in [1.165, 1.54) is 44.4 Å². The molecule has 8 aromatic rings. The highest BCUT2D eigenvalue weighted by atomic mass is 16.5. The summed E-state index contributed by atoms with van der Waals surface area (Å²) in [5.74, 6) is 3.57. The zero-order chi connectivity index (χ0) is 73.5. The number of nitrogens with two attached hydrogens (primary N) is 1. The Morgan fingerprint density at radius 3 is 1.82 bits per heavy atom. The number of anilines is 3.